The van der Waals surface area contributed by atoms with Gasteiger partial charge in [-0.15, -0.1) is 11.3 Å². The molecule has 1 aromatic heterocycles. The lowest BCUT2D eigenvalue weighted by Gasteiger charge is -2.08. The number of thiophene rings is 1. The first kappa shape index (κ1) is 14.7. The molecule has 1 heterocycles. The van der Waals surface area contributed by atoms with Gasteiger partial charge < -0.3 is 5.32 Å². The van der Waals surface area contributed by atoms with Crippen LogP contribution in [0.4, 0.5) is 15.8 Å². The minimum absolute atomic E-state index is 0.132. The van der Waals surface area contributed by atoms with Gasteiger partial charge in [0.2, 0.25) is 0 Å². The Morgan fingerprint density at radius 3 is 2.90 bits per heavy atom. The van der Waals surface area contributed by atoms with E-state index in [-0.39, 0.29) is 16.4 Å². The number of nitro groups is 1. The minimum Gasteiger partial charge on any atom is -0.374 e. The van der Waals surface area contributed by atoms with Crippen molar-refractivity contribution in [1.82, 2.24) is 0 Å². The molecule has 4 nitrogen and oxygen atoms in total. The summed E-state index contributed by atoms with van der Waals surface area (Å²) in [4.78, 5) is 11.5. The summed E-state index contributed by atoms with van der Waals surface area (Å²) in [5, 5.41) is 15.6. The summed E-state index contributed by atoms with van der Waals surface area (Å²) in [6.07, 6.45) is 0.886. The molecular weight excluding hydrogens is 303 g/mol. The Hall–Kier alpha value is -1.66. The van der Waals surface area contributed by atoms with E-state index in [4.69, 9.17) is 11.6 Å². The van der Waals surface area contributed by atoms with Gasteiger partial charge in [0.05, 0.1) is 9.95 Å². The molecular formula is C13H12ClFN2O2S. The maximum atomic E-state index is 13.4. The van der Waals surface area contributed by atoms with E-state index in [9.17, 15) is 14.5 Å². The minimum atomic E-state index is -0.679. The number of nitrogens with zero attached hydrogens (tertiary/aromatic N) is 1. The summed E-state index contributed by atoms with van der Waals surface area (Å²) in [5.41, 5.74) is 1.08. The number of halogens is 2. The van der Waals surface area contributed by atoms with Crippen LogP contribution >= 0.6 is 22.9 Å². The fourth-order valence-electron chi connectivity index (χ4n) is 1.84. The monoisotopic (exact) mass is 314 g/mol. The molecule has 1 N–H and O–H groups in total. The Labute approximate surface area is 124 Å². The van der Waals surface area contributed by atoms with Crippen LogP contribution in [0.2, 0.25) is 5.02 Å². The molecule has 0 saturated heterocycles. The summed E-state index contributed by atoms with van der Waals surface area (Å²) >= 11 is 7.13. The van der Waals surface area contributed by atoms with Crippen molar-refractivity contribution >= 4 is 34.3 Å². The van der Waals surface area contributed by atoms with Crippen LogP contribution in [0.3, 0.4) is 0 Å². The van der Waals surface area contributed by atoms with Crippen molar-refractivity contribution in [3.05, 3.63) is 55.0 Å². The van der Waals surface area contributed by atoms with E-state index in [0.29, 0.717) is 6.54 Å². The average molecular weight is 315 g/mol. The normalized spacial score (nSPS) is 10.6. The van der Waals surface area contributed by atoms with Gasteiger partial charge in [-0.1, -0.05) is 18.5 Å². The van der Waals surface area contributed by atoms with Gasteiger partial charge in [0.1, 0.15) is 11.5 Å². The van der Waals surface area contributed by atoms with E-state index >= 15 is 0 Å². The van der Waals surface area contributed by atoms with E-state index in [0.717, 1.165) is 23.4 Å². The zero-order valence-corrected chi connectivity index (χ0v) is 12.2. The number of anilines is 1. The standard InChI is InChI=1S/C13H12ClFN2O2S/c1-2-8-3-4-20-13(8)7-16-11-6-10(15)9(14)5-12(11)17(18)19/h3-6,16H,2,7H2,1H3. The van der Waals surface area contributed by atoms with E-state index in [1.165, 1.54) is 5.56 Å². The second-order valence-corrected chi connectivity index (χ2v) is 5.52. The number of rotatable bonds is 5. The number of aryl methyl sites for hydroxylation is 1. The molecule has 0 fully saturated rings. The van der Waals surface area contributed by atoms with Crippen LogP contribution in [0.25, 0.3) is 0 Å². The van der Waals surface area contributed by atoms with Crippen molar-refractivity contribution in [3.8, 4) is 0 Å². The quantitative estimate of drug-likeness (QED) is 0.647. The molecule has 0 radical (unpaired) electrons. The molecule has 0 atom stereocenters. The number of nitrogens with one attached hydrogen (secondary N) is 1. The number of hydrogen-bond donors (Lipinski definition) is 1. The van der Waals surface area contributed by atoms with Crippen LogP contribution in [0, 0.1) is 15.9 Å². The van der Waals surface area contributed by atoms with Gasteiger partial charge in [-0.3, -0.25) is 10.1 Å². The smallest absolute Gasteiger partial charge is 0.294 e. The first-order valence-electron chi connectivity index (χ1n) is 5.95. The summed E-state index contributed by atoms with van der Waals surface area (Å²) in [7, 11) is 0. The van der Waals surface area contributed by atoms with Gasteiger partial charge in [-0.05, 0) is 23.4 Å². The number of nitro benzene ring substituents is 1. The Bertz CT molecular complexity index is 645. The van der Waals surface area contributed by atoms with E-state index in [1.807, 2.05) is 18.4 Å². The first-order chi connectivity index (χ1) is 9.52. The second kappa shape index (κ2) is 6.19. The predicted molar refractivity (Wildman–Crippen MR) is 79.1 cm³/mol. The second-order valence-electron chi connectivity index (χ2n) is 4.12. The van der Waals surface area contributed by atoms with Gasteiger partial charge in [0.25, 0.3) is 5.69 Å². The SMILES string of the molecule is CCc1ccsc1CNc1cc(F)c(Cl)cc1[N+](=O)[O-]. The van der Waals surface area contributed by atoms with Gasteiger partial charge >= 0.3 is 0 Å². The first-order valence-corrected chi connectivity index (χ1v) is 7.21. The zero-order chi connectivity index (χ0) is 14.7. The Morgan fingerprint density at radius 2 is 2.25 bits per heavy atom. The highest BCUT2D eigenvalue weighted by molar-refractivity contribution is 7.10. The van der Waals surface area contributed by atoms with Gasteiger partial charge in [0.15, 0.2) is 0 Å². The van der Waals surface area contributed by atoms with Crippen LogP contribution in [0.1, 0.15) is 17.4 Å². The van der Waals surface area contributed by atoms with Crippen molar-refractivity contribution in [3.63, 3.8) is 0 Å². The van der Waals surface area contributed by atoms with Crippen LogP contribution in [0.5, 0.6) is 0 Å². The van der Waals surface area contributed by atoms with Crippen LogP contribution in [-0.2, 0) is 13.0 Å². The maximum absolute atomic E-state index is 13.4. The molecule has 0 unspecified atom stereocenters. The van der Waals surface area contributed by atoms with Crippen molar-refractivity contribution < 1.29 is 9.31 Å². The summed E-state index contributed by atoms with van der Waals surface area (Å²) in [6.45, 7) is 2.46. The lowest BCUT2D eigenvalue weighted by molar-refractivity contribution is -0.384. The highest BCUT2D eigenvalue weighted by Crippen LogP contribution is 2.31. The molecule has 0 spiro atoms. The number of hydrogen-bond acceptors (Lipinski definition) is 4. The summed E-state index contributed by atoms with van der Waals surface area (Å²) in [6, 6.07) is 4.09. The molecule has 1 aromatic carbocycles. The molecule has 0 aliphatic rings. The molecule has 7 heteroatoms. The Morgan fingerprint density at radius 1 is 1.50 bits per heavy atom. The number of benzene rings is 1. The average Bonchev–Trinajstić information content (AvgIpc) is 2.86. The molecule has 0 aliphatic heterocycles. The fraction of sp³-hybridized carbons (Fsp3) is 0.231. The van der Waals surface area contributed by atoms with Crippen molar-refractivity contribution in [2.75, 3.05) is 5.32 Å². The third kappa shape index (κ3) is 3.08. The van der Waals surface area contributed by atoms with E-state index in [2.05, 4.69) is 5.32 Å². The van der Waals surface area contributed by atoms with Crippen molar-refractivity contribution in [2.45, 2.75) is 19.9 Å². The van der Waals surface area contributed by atoms with Crippen LogP contribution in [0.15, 0.2) is 23.6 Å². The lowest BCUT2D eigenvalue weighted by Crippen LogP contribution is -2.03. The Kier molecular flexibility index (Phi) is 4.57. The molecule has 2 rings (SSSR count). The van der Waals surface area contributed by atoms with Gasteiger partial charge in [-0.2, -0.15) is 0 Å². The van der Waals surface area contributed by atoms with Gasteiger partial charge in [-0.25, -0.2) is 4.39 Å². The molecule has 0 saturated carbocycles. The highest BCUT2D eigenvalue weighted by atomic mass is 35.5. The fourth-order valence-corrected chi connectivity index (χ4v) is 2.92. The van der Waals surface area contributed by atoms with Crippen molar-refractivity contribution in [1.29, 1.82) is 0 Å². The largest absolute Gasteiger partial charge is 0.374 e. The predicted octanol–water partition coefficient (Wildman–Crippen LogP) is 4.62. The zero-order valence-electron chi connectivity index (χ0n) is 10.7. The van der Waals surface area contributed by atoms with Crippen LogP contribution < -0.4 is 5.32 Å². The summed E-state index contributed by atoms with van der Waals surface area (Å²) < 4.78 is 13.4. The third-order valence-electron chi connectivity index (χ3n) is 2.89. The lowest BCUT2D eigenvalue weighted by atomic mass is 10.2. The molecule has 106 valence electrons. The highest BCUT2D eigenvalue weighted by Gasteiger charge is 2.18. The van der Waals surface area contributed by atoms with E-state index in [1.54, 1.807) is 11.3 Å². The topological polar surface area (TPSA) is 55.2 Å². The Balaban J connectivity index is 2.25. The molecule has 0 aliphatic carbocycles. The molecule has 0 amide bonds. The molecule has 0 bridgehead atoms. The van der Waals surface area contributed by atoms with Crippen molar-refractivity contribution in [2.24, 2.45) is 0 Å². The van der Waals surface area contributed by atoms with Crippen LogP contribution in [-0.4, -0.2) is 4.92 Å². The molecule has 20 heavy (non-hydrogen) atoms. The molecule has 2 aromatic rings. The third-order valence-corrected chi connectivity index (χ3v) is 4.15. The van der Waals surface area contributed by atoms with E-state index < -0.39 is 10.7 Å². The maximum Gasteiger partial charge on any atom is 0.294 e. The van der Waals surface area contributed by atoms with Gasteiger partial charge in [0, 0.05) is 23.6 Å². The summed E-state index contributed by atoms with van der Waals surface area (Å²) in [5.74, 6) is -0.679.